The SMILES string of the molecule is CC1(C)OB(c2ccc3cc(-c4ccccc4-c4c(F)c(F)c(F)c5c(F)c(F)c(F)c(F)c45)ccc3c2)OC1(C)C. The van der Waals surface area contributed by atoms with Gasteiger partial charge >= 0.3 is 7.12 Å². The van der Waals surface area contributed by atoms with Crippen LogP contribution in [0.4, 0.5) is 30.7 Å². The van der Waals surface area contributed by atoms with Gasteiger partial charge in [-0.1, -0.05) is 54.6 Å². The summed E-state index contributed by atoms with van der Waals surface area (Å²) in [5.74, 6) is -15.0. The van der Waals surface area contributed by atoms with Gasteiger partial charge in [0, 0.05) is 10.9 Å². The molecule has 0 N–H and O–H groups in total. The van der Waals surface area contributed by atoms with Gasteiger partial charge in [-0.3, -0.25) is 0 Å². The molecule has 0 spiro atoms. The molecular weight excluding hydrogens is 560 g/mol. The summed E-state index contributed by atoms with van der Waals surface area (Å²) in [5, 5.41) is -1.23. The molecule has 214 valence electrons. The molecule has 0 aliphatic carbocycles. The van der Waals surface area contributed by atoms with Crippen molar-refractivity contribution in [1.29, 1.82) is 0 Å². The largest absolute Gasteiger partial charge is 0.494 e. The molecule has 0 bridgehead atoms. The van der Waals surface area contributed by atoms with Crippen molar-refractivity contribution in [2.45, 2.75) is 38.9 Å². The number of benzene rings is 5. The van der Waals surface area contributed by atoms with Crippen molar-refractivity contribution in [2.24, 2.45) is 0 Å². The van der Waals surface area contributed by atoms with Crippen LogP contribution in [0.2, 0.25) is 0 Å². The highest BCUT2D eigenvalue weighted by atomic mass is 19.2. The highest BCUT2D eigenvalue weighted by Gasteiger charge is 2.51. The van der Waals surface area contributed by atoms with E-state index in [1.807, 2.05) is 45.9 Å². The van der Waals surface area contributed by atoms with Crippen molar-refractivity contribution in [3.63, 3.8) is 0 Å². The minimum absolute atomic E-state index is 0.184. The molecular formula is C32H22BF7O2. The number of hydrogen-bond acceptors (Lipinski definition) is 2. The minimum Gasteiger partial charge on any atom is -0.399 e. The zero-order valence-electron chi connectivity index (χ0n) is 22.8. The molecule has 0 amide bonds. The lowest BCUT2D eigenvalue weighted by Gasteiger charge is -2.32. The highest BCUT2D eigenvalue weighted by molar-refractivity contribution is 6.62. The van der Waals surface area contributed by atoms with Crippen LogP contribution in [0.5, 0.6) is 0 Å². The topological polar surface area (TPSA) is 18.5 Å². The average molecular weight is 582 g/mol. The summed E-state index contributed by atoms with van der Waals surface area (Å²) in [5.41, 5.74) is -0.709. The lowest BCUT2D eigenvalue weighted by molar-refractivity contribution is 0.00578. The highest BCUT2D eigenvalue weighted by Crippen LogP contribution is 2.43. The van der Waals surface area contributed by atoms with Crippen LogP contribution in [0, 0.1) is 40.7 Å². The van der Waals surface area contributed by atoms with E-state index in [4.69, 9.17) is 9.31 Å². The first kappa shape index (κ1) is 28.2. The van der Waals surface area contributed by atoms with E-state index in [2.05, 4.69) is 0 Å². The van der Waals surface area contributed by atoms with E-state index in [1.54, 1.807) is 24.3 Å². The Hall–Kier alpha value is -3.89. The third-order valence-corrected chi connectivity index (χ3v) is 8.24. The Labute approximate surface area is 236 Å². The van der Waals surface area contributed by atoms with E-state index in [0.29, 0.717) is 5.56 Å². The normalized spacial score (nSPS) is 16.1. The molecule has 10 heteroatoms. The molecule has 1 heterocycles. The van der Waals surface area contributed by atoms with Crippen molar-refractivity contribution in [2.75, 3.05) is 0 Å². The van der Waals surface area contributed by atoms with E-state index in [-0.39, 0.29) is 11.1 Å². The second-order valence-corrected chi connectivity index (χ2v) is 11.3. The Bertz CT molecular complexity index is 1910. The lowest BCUT2D eigenvalue weighted by Crippen LogP contribution is -2.41. The zero-order chi connectivity index (χ0) is 30.3. The Morgan fingerprint density at radius 3 is 1.64 bits per heavy atom. The van der Waals surface area contributed by atoms with Crippen molar-refractivity contribution < 1.29 is 40.0 Å². The van der Waals surface area contributed by atoms with E-state index >= 15 is 8.78 Å². The molecule has 2 nitrogen and oxygen atoms in total. The van der Waals surface area contributed by atoms with Gasteiger partial charge in [0.2, 0.25) is 0 Å². The van der Waals surface area contributed by atoms with Gasteiger partial charge in [0.25, 0.3) is 0 Å². The molecule has 1 fully saturated rings. The summed E-state index contributed by atoms with van der Waals surface area (Å²) in [4.78, 5) is 0. The van der Waals surface area contributed by atoms with Crippen LogP contribution in [0.3, 0.4) is 0 Å². The van der Waals surface area contributed by atoms with E-state index in [1.165, 1.54) is 18.2 Å². The summed E-state index contributed by atoms with van der Waals surface area (Å²) >= 11 is 0. The predicted molar refractivity (Wildman–Crippen MR) is 148 cm³/mol. The smallest absolute Gasteiger partial charge is 0.399 e. The van der Waals surface area contributed by atoms with Crippen LogP contribution < -0.4 is 5.46 Å². The van der Waals surface area contributed by atoms with E-state index < -0.39 is 75.4 Å². The molecule has 0 saturated carbocycles. The predicted octanol–water partition coefficient (Wildman–Crippen LogP) is 8.60. The first-order valence-electron chi connectivity index (χ1n) is 13.0. The number of halogens is 7. The summed E-state index contributed by atoms with van der Waals surface area (Å²) < 4.78 is 115. The summed E-state index contributed by atoms with van der Waals surface area (Å²) in [7, 11) is -0.593. The average Bonchev–Trinajstić information content (AvgIpc) is 3.19. The van der Waals surface area contributed by atoms with Gasteiger partial charge < -0.3 is 9.31 Å². The molecule has 5 aromatic rings. The van der Waals surface area contributed by atoms with Crippen molar-refractivity contribution >= 4 is 34.1 Å². The number of hydrogen-bond donors (Lipinski definition) is 0. The van der Waals surface area contributed by atoms with Crippen LogP contribution in [0.15, 0.2) is 60.7 Å². The summed E-state index contributed by atoms with van der Waals surface area (Å²) in [6, 6.07) is 16.5. The summed E-state index contributed by atoms with van der Waals surface area (Å²) in [6.45, 7) is 7.79. The van der Waals surface area contributed by atoms with E-state index in [0.717, 1.165) is 16.2 Å². The number of rotatable bonds is 3. The van der Waals surface area contributed by atoms with Crippen molar-refractivity contribution in [3.05, 3.63) is 101 Å². The van der Waals surface area contributed by atoms with Gasteiger partial charge in [0.1, 0.15) is 0 Å². The fraction of sp³-hybridized carbons (Fsp3) is 0.188. The fourth-order valence-electron chi connectivity index (χ4n) is 5.26. The Morgan fingerprint density at radius 1 is 0.524 bits per heavy atom. The Morgan fingerprint density at radius 2 is 1.02 bits per heavy atom. The first-order chi connectivity index (χ1) is 19.7. The molecule has 0 atom stereocenters. The third-order valence-electron chi connectivity index (χ3n) is 8.24. The van der Waals surface area contributed by atoms with Crippen molar-refractivity contribution in [3.8, 4) is 22.3 Å². The Kier molecular flexibility index (Phi) is 6.44. The first-order valence-corrected chi connectivity index (χ1v) is 13.0. The van der Waals surface area contributed by atoms with Gasteiger partial charge in [-0.2, -0.15) is 0 Å². The lowest BCUT2D eigenvalue weighted by atomic mass is 9.78. The molecule has 5 aromatic carbocycles. The quantitative estimate of drug-likeness (QED) is 0.0919. The van der Waals surface area contributed by atoms with Crippen LogP contribution in [0.1, 0.15) is 27.7 Å². The number of fused-ring (bicyclic) bond motifs is 2. The van der Waals surface area contributed by atoms with Gasteiger partial charge in [-0.25, -0.2) is 30.7 Å². The minimum atomic E-state index is -2.33. The zero-order valence-corrected chi connectivity index (χ0v) is 22.8. The molecule has 6 rings (SSSR count). The third kappa shape index (κ3) is 4.11. The maximum Gasteiger partial charge on any atom is 0.494 e. The molecule has 42 heavy (non-hydrogen) atoms. The van der Waals surface area contributed by atoms with Gasteiger partial charge in [-0.15, -0.1) is 0 Å². The van der Waals surface area contributed by atoms with Gasteiger partial charge in [0.15, 0.2) is 40.7 Å². The van der Waals surface area contributed by atoms with Crippen LogP contribution in [0.25, 0.3) is 43.8 Å². The van der Waals surface area contributed by atoms with Gasteiger partial charge in [0.05, 0.1) is 16.6 Å². The monoisotopic (exact) mass is 582 g/mol. The summed E-state index contributed by atoms with van der Waals surface area (Å²) in [6.07, 6.45) is 0. The second-order valence-electron chi connectivity index (χ2n) is 11.3. The molecule has 0 unspecified atom stereocenters. The standard InChI is InChI=1S/C32H22BF7O2/c1-31(2)32(3,4)42-33(41-31)18-12-11-15-13-17(10-9-16(15)14-18)19-7-5-6-8-20(19)21-22-23(26(36)28(38)24(21)34)27(37)30(40)29(39)25(22)35/h5-14H,1-4H3. The van der Waals surface area contributed by atoms with Crippen LogP contribution in [-0.4, -0.2) is 18.3 Å². The van der Waals surface area contributed by atoms with Gasteiger partial charge in [-0.05, 0) is 66.7 Å². The van der Waals surface area contributed by atoms with Crippen molar-refractivity contribution in [1.82, 2.24) is 0 Å². The Balaban J connectivity index is 1.52. The second kappa shape index (κ2) is 9.57. The van der Waals surface area contributed by atoms with E-state index in [9.17, 15) is 22.0 Å². The molecule has 1 aliphatic rings. The fourth-order valence-corrected chi connectivity index (χ4v) is 5.26. The maximum absolute atomic E-state index is 15.3. The molecule has 0 radical (unpaired) electrons. The molecule has 1 aliphatic heterocycles. The van der Waals surface area contributed by atoms with Crippen LogP contribution >= 0.6 is 0 Å². The maximum atomic E-state index is 15.3. The van der Waals surface area contributed by atoms with Crippen LogP contribution in [-0.2, 0) is 9.31 Å². The molecule has 0 aromatic heterocycles. The molecule has 1 saturated heterocycles.